The number of nitrogens with one attached hydrogen (secondary N) is 1. The molecule has 2 aromatic heterocycles. The maximum absolute atomic E-state index is 12.1. The molecule has 102 valence electrons. The van der Waals surface area contributed by atoms with Gasteiger partial charge >= 0.3 is 0 Å². The topological polar surface area (TPSA) is 79.3 Å². The van der Waals surface area contributed by atoms with Gasteiger partial charge < -0.3 is 5.11 Å². The third-order valence-electron chi connectivity index (χ3n) is 2.01. The van der Waals surface area contributed by atoms with E-state index in [4.69, 9.17) is 34.8 Å². The highest BCUT2D eigenvalue weighted by molar-refractivity contribution is 7.93. The molecule has 2 rings (SSSR count). The first-order valence-corrected chi connectivity index (χ1v) is 8.05. The van der Waals surface area contributed by atoms with Crippen LogP contribution in [-0.2, 0) is 10.0 Å². The zero-order chi connectivity index (χ0) is 14.2. The quantitative estimate of drug-likeness (QED) is 0.821. The SMILES string of the molecule is O=S(=O)(Nc1cc(Cl)ncc1O)c1cc(Cl)sc1Cl. The maximum Gasteiger partial charge on any atom is 0.264 e. The van der Waals surface area contributed by atoms with Crippen molar-refractivity contribution in [3.63, 3.8) is 0 Å². The molecule has 0 fully saturated rings. The molecule has 0 spiro atoms. The van der Waals surface area contributed by atoms with Gasteiger partial charge in [-0.3, -0.25) is 4.72 Å². The van der Waals surface area contributed by atoms with Crippen LogP contribution < -0.4 is 4.72 Å². The number of sulfonamides is 1. The van der Waals surface area contributed by atoms with Crippen molar-refractivity contribution in [2.45, 2.75) is 4.90 Å². The van der Waals surface area contributed by atoms with E-state index in [0.29, 0.717) is 0 Å². The number of hydrogen-bond acceptors (Lipinski definition) is 5. The van der Waals surface area contributed by atoms with E-state index in [9.17, 15) is 13.5 Å². The summed E-state index contributed by atoms with van der Waals surface area (Å²) in [6.07, 6.45) is 1.03. The molecule has 2 aromatic rings. The van der Waals surface area contributed by atoms with Gasteiger partial charge in [0, 0.05) is 6.07 Å². The van der Waals surface area contributed by atoms with Crippen LogP contribution in [0.3, 0.4) is 0 Å². The predicted octanol–water partition coefficient (Wildman–Crippen LogP) is 3.61. The molecule has 0 aliphatic heterocycles. The van der Waals surface area contributed by atoms with E-state index < -0.39 is 10.0 Å². The average molecular weight is 360 g/mol. The Morgan fingerprint density at radius 1 is 1.26 bits per heavy atom. The second-order valence-electron chi connectivity index (χ2n) is 3.32. The van der Waals surface area contributed by atoms with E-state index in [1.165, 1.54) is 12.1 Å². The van der Waals surface area contributed by atoms with Crippen LogP contribution in [-0.4, -0.2) is 18.5 Å². The normalized spacial score (nSPS) is 11.5. The van der Waals surface area contributed by atoms with Crippen molar-refractivity contribution in [2.75, 3.05) is 4.72 Å². The molecule has 2 N–H and O–H groups in total. The summed E-state index contributed by atoms with van der Waals surface area (Å²) < 4.78 is 26.6. The number of nitrogens with zero attached hydrogens (tertiary/aromatic N) is 1. The largest absolute Gasteiger partial charge is 0.504 e. The van der Waals surface area contributed by atoms with E-state index in [1.807, 2.05) is 0 Å². The number of thiophene rings is 1. The number of aromatic nitrogens is 1. The number of halogens is 3. The molecule has 0 saturated carbocycles. The fraction of sp³-hybridized carbons (Fsp3) is 0. The van der Waals surface area contributed by atoms with Crippen molar-refractivity contribution >= 4 is 61.9 Å². The van der Waals surface area contributed by atoms with Crippen molar-refractivity contribution in [2.24, 2.45) is 0 Å². The van der Waals surface area contributed by atoms with Gasteiger partial charge in [0.2, 0.25) is 0 Å². The third-order valence-corrected chi connectivity index (χ3v) is 5.33. The Bertz CT molecular complexity index is 730. The average Bonchev–Trinajstić information content (AvgIpc) is 2.63. The highest BCUT2D eigenvalue weighted by Gasteiger charge is 2.22. The van der Waals surface area contributed by atoms with Crippen LogP contribution in [0.5, 0.6) is 5.75 Å². The van der Waals surface area contributed by atoms with Crippen LogP contribution in [0, 0.1) is 0 Å². The summed E-state index contributed by atoms with van der Waals surface area (Å²) in [5, 5.41) is 9.55. The van der Waals surface area contributed by atoms with Gasteiger partial charge in [0.15, 0.2) is 5.75 Å². The third kappa shape index (κ3) is 3.24. The molecule has 0 atom stereocenters. The smallest absolute Gasteiger partial charge is 0.264 e. The van der Waals surface area contributed by atoms with Gasteiger partial charge in [0.05, 0.1) is 16.2 Å². The molecule has 0 bridgehead atoms. The summed E-state index contributed by atoms with van der Waals surface area (Å²) in [6.45, 7) is 0. The van der Waals surface area contributed by atoms with E-state index in [-0.39, 0.29) is 30.2 Å². The van der Waals surface area contributed by atoms with Gasteiger partial charge in [-0.15, -0.1) is 11.3 Å². The molecule has 0 radical (unpaired) electrons. The summed E-state index contributed by atoms with van der Waals surface area (Å²) >= 11 is 18.0. The van der Waals surface area contributed by atoms with Crippen molar-refractivity contribution in [3.8, 4) is 5.75 Å². The van der Waals surface area contributed by atoms with Crippen LogP contribution in [0.15, 0.2) is 23.2 Å². The van der Waals surface area contributed by atoms with Gasteiger partial charge in [-0.1, -0.05) is 34.8 Å². The minimum absolute atomic E-state index is 0.0251. The van der Waals surface area contributed by atoms with Crippen LogP contribution in [0.4, 0.5) is 5.69 Å². The van der Waals surface area contributed by atoms with E-state index in [2.05, 4.69) is 9.71 Å². The fourth-order valence-corrected chi connectivity index (χ4v) is 4.59. The number of hydrogen-bond donors (Lipinski definition) is 2. The lowest BCUT2D eigenvalue weighted by atomic mass is 10.4. The van der Waals surface area contributed by atoms with Crippen LogP contribution in [0.2, 0.25) is 13.8 Å². The standard InChI is InChI=1S/C9H5Cl3N2O3S2/c10-7-1-4(5(15)3-13-7)14-19(16,17)6-2-8(11)18-9(6)12/h1-3,15H,(H,13,14). The lowest BCUT2D eigenvalue weighted by Crippen LogP contribution is -2.12. The molecule has 0 saturated heterocycles. The van der Waals surface area contributed by atoms with E-state index in [0.717, 1.165) is 17.5 Å². The molecule has 10 heteroatoms. The van der Waals surface area contributed by atoms with Gasteiger partial charge in [-0.25, -0.2) is 13.4 Å². The van der Waals surface area contributed by atoms with Crippen molar-refractivity contribution in [3.05, 3.63) is 32.2 Å². The molecule has 0 aliphatic rings. The number of anilines is 1. The molecule has 5 nitrogen and oxygen atoms in total. The highest BCUT2D eigenvalue weighted by atomic mass is 35.5. The van der Waals surface area contributed by atoms with Crippen LogP contribution >= 0.6 is 46.1 Å². The highest BCUT2D eigenvalue weighted by Crippen LogP contribution is 2.36. The number of pyridine rings is 1. The van der Waals surface area contributed by atoms with E-state index in [1.54, 1.807) is 0 Å². The second kappa shape index (κ2) is 5.34. The minimum Gasteiger partial charge on any atom is -0.504 e. The zero-order valence-electron chi connectivity index (χ0n) is 8.89. The minimum atomic E-state index is -3.96. The first-order valence-electron chi connectivity index (χ1n) is 4.62. The van der Waals surface area contributed by atoms with Crippen molar-refractivity contribution in [1.82, 2.24) is 4.98 Å². The fourth-order valence-electron chi connectivity index (χ4n) is 1.21. The summed E-state index contributed by atoms with van der Waals surface area (Å²) in [4.78, 5) is 3.43. The summed E-state index contributed by atoms with van der Waals surface area (Å²) in [7, 11) is -3.96. The molecule has 19 heavy (non-hydrogen) atoms. The first kappa shape index (κ1) is 14.7. The Morgan fingerprint density at radius 3 is 2.53 bits per heavy atom. The molecular formula is C9H5Cl3N2O3S2. The molecule has 0 aliphatic carbocycles. The molecule has 0 unspecified atom stereocenters. The molecule has 2 heterocycles. The summed E-state index contributed by atoms with van der Waals surface area (Å²) in [6, 6.07) is 2.40. The monoisotopic (exact) mass is 358 g/mol. The Labute approximate surface area is 127 Å². The van der Waals surface area contributed by atoms with Gasteiger partial charge in [-0.05, 0) is 6.07 Å². The Morgan fingerprint density at radius 2 is 1.95 bits per heavy atom. The first-order chi connectivity index (χ1) is 8.79. The van der Waals surface area contributed by atoms with E-state index >= 15 is 0 Å². The zero-order valence-corrected chi connectivity index (χ0v) is 12.8. The maximum atomic E-state index is 12.1. The second-order valence-corrected chi connectivity index (χ2v) is 7.64. The lowest BCUT2D eigenvalue weighted by molar-refractivity contribution is 0.475. The number of rotatable bonds is 3. The predicted molar refractivity (Wildman–Crippen MR) is 76.1 cm³/mol. The summed E-state index contributed by atoms with van der Waals surface area (Å²) in [5.41, 5.74) is -0.0987. The number of aromatic hydroxyl groups is 1. The van der Waals surface area contributed by atoms with Crippen LogP contribution in [0.1, 0.15) is 0 Å². The van der Waals surface area contributed by atoms with Crippen molar-refractivity contribution < 1.29 is 13.5 Å². The lowest BCUT2D eigenvalue weighted by Gasteiger charge is -2.08. The Balaban J connectivity index is 2.42. The summed E-state index contributed by atoms with van der Waals surface area (Å²) in [5.74, 6) is -0.356. The Hall–Kier alpha value is -0.730. The molecular weight excluding hydrogens is 355 g/mol. The van der Waals surface area contributed by atoms with Crippen molar-refractivity contribution in [1.29, 1.82) is 0 Å². The molecule has 0 aromatic carbocycles. The van der Waals surface area contributed by atoms with Crippen LogP contribution in [0.25, 0.3) is 0 Å². The van der Waals surface area contributed by atoms with Gasteiger partial charge in [0.25, 0.3) is 10.0 Å². The Kier molecular flexibility index (Phi) is 4.12. The molecule has 0 amide bonds. The van der Waals surface area contributed by atoms with Gasteiger partial charge in [0.1, 0.15) is 14.4 Å². The van der Waals surface area contributed by atoms with Gasteiger partial charge in [-0.2, -0.15) is 0 Å².